The van der Waals surface area contributed by atoms with E-state index in [1.165, 1.54) is 0 Å². The van der Waals surface area contributed by atoms with Gasteiger partial charge in [-0.25, -0.2) is 4.98 Å². The molecule has 2 amide bonds. The molecule has 1 spiro atoms. The summed E-state index contributed by atoms with van der Waals surface area (Å²) in [4.78, 5) is 36.1. The van der Waals surface area contributed by atoms with Crippen molar-refractivity contribution in [1.29, 1.82) is 0 Å². The normalized spacial score (nSPS) is 23.2. The predicted octanol–water partition coefficient (Wildman–Crippen LogP) is 1.79. The molecule has 2 aliphatic heterocycles. The van der Waals surface area contributed by atoms with Crippen LogP contribution >= 0.6 is 0 Å². The van der Waals surface area contributed by atoms with Gasteiger partial charge in [-0.05, 0) is 26.2 Å². The zero-order chi connectivity index (χ0) is 18.9. The highest BCUT2D eigenvalue weighted by Crippen LogP contribution is 2.39. The van der Waals surface area contributed by atoms with Crippen LogP contribution in [-0.2, 0) is 11.2 Å². The molecule has 1 unspecified atom stereocenters. The highest BCUT2D eigenvalue weighted by atomic mass is 16.5. The van der Waals surface area contributed by atoms with Crippen molar-refractivity contribution in [3.05, 3.63) is 35.7 Å². The zero-order valence-corrected chi connectivity index (χ0v) is 15.6. The first-order valence-corrected chi connectivity index (χ1v) is 9.52. The van der Waals surface area contributed by atoms with E-state index < -0.39 is 0 Å². The van der Waals surface area contributed by atoms with E-state index in [1.54, 1.807) is 25.5 Å². The van der Waals surface area contributed by atoms with Crippen LogP contribution in [0.15, 0.2) is 23.1 Å². The van der Waals surface area contributed by atoms with Gasteiger partial charge in [0.15, 0.2) is 5.69 Å². The van der Waals surface area contributed by atoms with Crippen molar-refractivity contribution in [2.24, 2.45) is 5.41 Å². The first kappa shape index (κ1) is 17.8. The molecule has 2 aromatic rings. The smallest absolute Gasteiger partial charge is 0.276 e. The Bertz CT molecular complexity index is 815. The van der Waals surface area contributed by atoms with Crippen LogP contribution < -0.4 is 0 Å². The maximum Gasteiger partial charge on any atom is 0.276 e. The number of carbonyl (C=O) groups is 2. The number of hydrogen-bond acceptors (Lipinski definition) is 5. The summed E-state index contributed by atoms with van der Waals surface area (Å²) < 4.78 is 5.05. The molecule has 1 N–H and O–H groups in total. The molecule has 4 rings (SSSR count). The van der Waals surface area contributed by atoms with Gasteiger partial charge in [0.05, 0.1) is 6.33 Å². The maximum atomic E-state index is 12.8. The lowest BCUT2D eigenvalue weighted by molar-refractivity contribution is -0.138. The minimum absolute atomic E-state index is 0.0193. The lowest BCUT2D eigenvalue weighted by Gasteiger charge is -2.48. The molecular weight excluding hydrogens is 346 g/mol. The summed E-state index contributed by atoms with van der Waals surface area (Å²) in [5, 5.41) is 3.87. The van der Waals surface area contributed by atoms with Crippen LogP contribution in [0.25, 0.3) is 0 Å². The van der Waals surface area contributed by atoms with Crippen LogP contribution in [0.1, 0.15) is 47.6 Å². The summed E-state index contributed by atoms with van der Waals surface area (Å²) in [5.74, 6) is 0.765. The van der Waals surface area contributed by atoms with Crippen LogP contribution in [0.4, 0.5) is 0 Å². The van der Waals surface area contributed by atoms with Gasteiger partial charge < -0.3 is 19.3 Å². The number of aromatic nitrogens is 3. The Balaban J connectivity index is 1.43. The van der Waals surface area contributed by atoms with Gasteiger partial charge in [0.1, 0.15) is 5.76 Å². The molecule has 2 aliphatic rings. The largest absolute Gasteiger partial charge is 0.361 e. The zero-order valence-electron chi connectivity index (χ0n) is 15.6. The molecule has 1 atom stereocenters. The quantitative estimate of drug-likeness (QED) is 0.884. The Labute approximate surface area is 157 Å². The average molecular weight is 371 g/mol. The predicted molar refractivity (Wildman–Crippen MR) is 96.9 cm³/mol. The highest BCUT2D eigenvalue weighted by Gasteiger charge is 2.43. The number of hydrogen-bond donors (Lipinski definition) is 1. The molecule has 0 bridgehead atoms. The number of imidazole rings is 1. The number of nitrogens with zero attached hydrogens (tertiary/aromatic N) is 4. The fourth-order valence-corrected chi connectivity index (χ4v) is 4.33. The van der Waals surface area contributed by atoms with Gasteiger partial charge in [-0.2, -0.15) is 0 Å². The Morgan fingerprint density at radius 1 is 1.37 bits per heavy atom. The molecule has 27 heavy (non-hydrogen) atoms. The molecule has 0 radical (unpaired) electrons. The number of nitrogens with one attached hydrogen (secondary N) is 1. The van der Waals surface area contributed by atoms with E-state index in [2.05, 4.69) is 15.1 Å². The molecule has 8 nitrogen and oxygen atoms in total. The number of likely N-dealkylation sites (tertiary alicyclic amines) is 2. The minimum Gasteiger partial charge on any atom is -0.361 e. The second-order valence-corrected chi connectivity index (χ2v) is 7.80. The number of amides is 2. The van der Waals surface area contributed by atoms with E-state index in [1.807, 2.05) is 9.80 Å². The topological polar surface area (TPSA) is 95.3 Å². The summed E-state index contributed by atoms with van der Waals surface area (Å²) in [6, 6.07) is 1.69. The summed E-state index contributed by atoms with van der Waals surface area (Å²) in [5.41, 5.74) is 1.38. The standard InChI is InChI=1S/C19H25N5O3/c1-14-9-16(22-27-14)18(26)24-7-2-5-19(12-24)6-3-17(25)23(11-19)8-4-15-10-20-13-21-15/h9-10,13H,2-8,11-12H2,1H3,(H,20,21). The molecule has 0 aromatic carbocycles. The fraction of sp³-hybridized carbons (Fsp3) is 0.579. The fourth-order valence-electron chi connectivity index (χ4n) is 4.33. The van der Waals surface area contributed by atoms with Gasteiger partial charge in [0, 0.05) is 62.4 Å². The number of piperidine rings is 2. The maximum absolute atomic E-state index is 12.8. The molecule has 4 heterocycles. The van der Waals surface area contributed by atoms with E-state index in [-0.39, 0.29) is 17.2 Å². The van der Waals surface area contributed by atoms with Gasteiger partial charge in [-0.1, -0.05) is 5.16 Å². The molecule has 8 heteroatoms. The van der Waals surface area contributed by atoms with Crippen LogP contribution in [0.3, 0.4) is 0 Å². The monoisotopic (exact) mass is 371 g/mol. The van der Waals surface area contributed by atoms with E-state index in [0.29, 0.717) is 37.5 Å². The van der Waals surface area contributed by atoms with E-state index in [9.17, 15) is 9.59 Å². The average Bonchev–Trinajstić information content (AvgIpc) is 3.34. The Morgan fingerprint density at radius 3 is 3.00 bits per heavy atom. The highest BCUT2D eigenvalue weighted by molar-refractivity contribution is 5.92. The third-order valence-electron chi connectivity index (χ3n) is 5.75. The van der Waals surface area contributed by atoms with Gasteiger partial charge >= 0.3 is 0 Å². The van der Waals surface area contributed by atoms with Gasteiger partial charge in [0.25, 0.3) is 5.91 Å². The third-order valence-corrected chi connectivity index (χ3v) is 5.75. The van der Waals surface area contributed by atoms with Crippen LogP contribution in [0.5, 0.6) is 0 Å². The Morgan fingerprint density at radius 2 is 2.26 bits per heavy atom. The Kier molecular flexibility index (Phi) is 4.72. The van der Waals surface area contributed by atoms with Crippen molar-refractivity contribution in [1.82, 2.24) is 24.9 Å². The van der Waals surface area contributed by atoms with Crippen LogP contribution in [0, 0.1) is 12.3 Å². The molecule has 2 aromatic heterocycles. The first-order chi connectivity index (χ1) is 13.0. The lowest BCUT2D eigenvalue weighted by Crippen LogP contribution is -2.55. The van der Waals surface area contributed by atoms with E-state index in [4.69, 9.17) is 4.52 Å². The number of carbonyl (C=O) groups excluding carboxylic acids is 2. The molecule has 2 saturated heterocycles. The van der Waals surface area contributed by atoms with Crippen molar-refractivity contribution in [3.63, 3.8) is 0 Å². The summed E-state index contributed by atoms with van der Waals surface area (Å²) in [6.07, 6.45) is 7.61. The first-order valence-electron chi connectivity index (χ1n) is 9.52. The van der Waals surface area contributed by atoms with Crippen molar-refractivity contribution >= 4 is 11.8 Å². The van der Waals surface area contributed by atoms with Gasteiger partial charge in [-0.3, -0.25) is 9.59 Å². The number of aromatic amines is 1. The lowest BCUT2D eigenvalue weighted by atomic mass is 9.73. The van der Waals surface area contributed by atoms with Gasteiger partial charge in [0.2, 0.25) is 5.91 Å². The molecule has 2 fully saturated rings. The molecule has 0 aliphatic carbocycles. The molecular formula is C19H25N5O3. The van der Waals surface area contributed by atoms with Crippen LogP contribution in [-0.4, -0.2) is 62.9 Å². The van der Waals surface area contributed by atoms with Gasteiger partial charge in [-0.15, -0.1) is 0 Å². The van der Waals surface area contributed by atoms with E-state index >= 15 is 0 Å². The van der Waals surface area contributed by atoms with Crippen molar-refractivity contribution in [3.8, 4) is 0 Å². The SMILES string of the molecule is Cc1cc(C(=O)N2CCCC3(CCC(=O)N(CCc4cnc[nH]4)C3)C2)no1. The number of rotatable bonds is 4. The van der Waals surface area contributed by atoms with Crippen LogP contribution in [0.2, 0.25) is 0 Å². The number of aryl methyl sites for hydroxylation is 1. The minimum atomic E-state index is -0.0770. The number of H-pyrrole nitrogens is 1. The van der Waals surface area contributed by atoms with Crippen molar-refractivity contribution in [2.75, 3.05) is 26.2 Å². The summed E-state index contributed by atoms with van der Waals surface area (Å²) >= 11 is 0. The third kappa shape index (κ3) is 3.74. The second-order valence-electron chi connectivity index (χ2n) is 7.80. The van der Waals surface area contributed by atoms with Crippen molar-refractivity contribution in [2.45, 2.75) is 39.0 Å². The summed E-state index contributed by atoms with van der Waals surface area (Å²) in [7, 11) is 0. The second kappa shape index (κ2) is 7.17. The molecule has 144 valence electrons. The molecule has 0 saturated carbocycles. The van der Waals surface area contributed by atoms with Crippen molar-refractivity contribution < 1.29 is 14.1 Å². The summed E-state index contributed by atoms with van der Waals surface area (Å²) in [6.45, 7) is 4.58. The van der Waals surface area contributed by atoms with E-state index in [0.717, 1.165) is 37.9 Å². The Hall–Kier alpha value is -2.64.